The van der Waals surface area contributed by atoms with Crippen LogP contribution in [-0.2, 0) is 16.0 Å². The van der Waals surface area contributed by atoms with E-state index < -0.39 is 5.60 Å². The molecule has 0 amide bonds. The van der Waals surface area contributed by atoms with Crippen LogP contribution < -0.4 is 0 Å². The highest BCUT2D eigenvalue weighted by Crippen LogP contribution is 2.35. The molecule has 2 rings (SSSR count). The Morgan fingerprint density at radius 1 is 1.47 bits per heavy atom. The molecule has 0 saturated heterocycles. The summed E-state index contributed by atoms with van der Waals surface area (Å²) in [7, 11) is 0. The van der Waals surface area contributed by atoms with Crippen molar-refractivity contribution in [1.29, 1.82) is 0 Å². The average Bonchev–Trinajstić information content (AvgIpc) is 2.97. The van der Waals surface area contributed by atoms with Crippen LogP contribution in [0.3, 0.4) is 0 Å². The molecule has 0 spiro atoms. The smallest absolute Gasteiger partial charge is 0.164 e. The lowest BCUT2D eigenvalue weighted by Crippen LogP contribution is -2.39. The summed E-state index contributed by atoms with van der Waals surface area (Å²) in [6.07, 6.45) is 5.58. The van der Waals surface area contributed by atoms with Crippen LogP contribution in [0.25, 0.3) is 0 Å². The van der Waals surface area contributed by atoms with Crippen molar-refractivity contribution in [2.45, 2.75) is 51.0 Å². The molecule has 0 N–H and O–H groups in total. The number of hydrogen-bond acceptors (Lipinski definition) is 3. The van der Waals surface area contributed by atoms with E-state index in [-0.39, 0.29) is 0 Å². The van der Waals surface area contributed by atoms with Crippen molar-refractivity contribution >= 4 is 17.1 Å². The van der Waals surface area contributed by atoms with E-state index in [1.807, 2.05) is 6.92 Å². The third kappa shape index (κ3) is 2.96. The third-order valence-corrected chi connectivity index (χ3v) is 4.29. The molecule has 1 aliphatic carbocycles. The predicted octanol–water partition coefficient (Wildman–Crippen LogP) is 3.60. The molecule has 0 bridgehead atoms. The van der Waals surface area contributed by atoms with Gasteiger partial charge < -0.3 is 4.74 Å². The SMILES string of the molecule is CCOC1(C(=O)CCc2ccsc2)CCCC1. The Morgan fingerprint density at radius 2 is 2.24 bits per heavy atom. The van der Waals surface area contributed by atoms with Gasteiger partial charge in [-0.3, -0.25) is 4.79 Å². The second-order valence-corrected chi connectivity index (χ2v) is 5.47. The first-order chi connectivity index (χ1) is 8.27. The van der Waals surface area contributed by atoms with Crippen LogP contribution in [0, 0.1) is 0 Å². The molecule has 1 heterocycles. The maximum Gasteiger partial charge on any atom is 0.164 e. The van der Waals surface area contributed by atoms with Crippen molar-refractivity contribution < 1.29 is 9.53 Å². The van der Waals surface area contributed by atoms with E-state index in [0.29, 0.717) is 18.8 Å². The lowest BCUT2D eigenvalue weighted by molar-refractivity contribution is -0.143. The molecular formula is C14H20O2S. The summed E-state index contributed by atoms with van der Waals surface area (Å²) in [4.78, 5) is 12.3. The van der Waals surface area contributed by atoms with Crippen molar-refractivity contribution in [1.82, 2.24) is 0 Å². The van der Waals surface area contributed by atoms with Crippen molar-refractivity contribution in [2.24, 2.45) is 0 Å². The van der Waals surface area contributed by atoms with Crippen LogP contribution in [-0.4, -0.2) is 18.0 Å². The maximum absolute atomic E-state index is 12.3. The Bertz CT molecular complexity index is 350. The number of ketones is 1. The molecule has 94 valence electrons. The van der Waals surface area contributed by atoms with Crippen molar-refractivity contribution in [3.05, 3.63) is 22.4 Å². The minimum atomic E-state index is -0.440. The Hall–Kier alpha value is -0.670. The molecule has 1 aliphatic rings. The van der Waals surface area contributed by atoms with Gasteiger partial charge in [0.1, 0.15) is 5.60 Å². The molecule has 0 atom stereocenters. The summed E-state index contributed by atoms with van der Waals surface area (Å²) in [5.74, 6) is 0.308. The number of carbonyl (C=O) groups is 1. The number of aryl methyl sites for hydroxylation is 1. The molecule has 3 heteroatoms. The van der Waals surface area contributed by atoms with Gasteiger partial charge in [0.25, 0.3) is 0 Å². The minimum Gasteiger partial charge on any atom is -0.368 e. The summed E-state index contributed by atoms with van der Waals surface area (Å²) in [5.41, 5.74) is 0.832. The van der Waals surface area contributed by atoms with Crippen LogP contribution in [0.15, 0.2) is 16.8 Å². The van der Waals surface area contributed by atoms with Crippen molar-refractivity contribution in [2.75, 3.05) is 6.61 Å². The fourth-order valence-electron chi connectivity index (χ4n) is 2.65. The zero-order chi connectivity index (χ0) is 12.1. The zero-order valence-corrected chi connectivity index (χ0v) is 11.2. The molecule has 0 unspecified atom stereocenters. The van der Waals surface area contributed by atoms with Gasteiger partial charge in [0.15, 0.2) is 5.78 Å². The van der Waals surface area contributed by atoms with Gasteiger partial charge in [0, 0.05) is 13.0 Å². The number of Topliss-reactive ketones (excluding diaryl/α,β-unsaturated/α-hetero) is 1. The van der Waals surface area contributed by atoms with Gasteiger partial charge in [-0.25, -0.2) is 0 Å². The third-order valence-electron chi connectivity index (χ3n) is 3.56. The molecule has 0 aromatic carbocycles. The summed E-state index contributed by atoms with van der Waals surface area (Å²) >= 11 is 1.69. The highest BCUT2D eigenvalue weighted by molar-refractivity contribution is 7.07. The van der Waals surface area contributed by atoms with Crippen LogP contribution in [0.2, 0.25) is 0 Å². The molecule has 0 aliphatic heterocycles. The van der Waals surface area contributed by atoms with Crippen LogP contribution in [0.1, 0.15) is 44.6 Å². The van der Waals surface area contributed by atoms with Crippen LogP contribution in [0.4, 0.5) is 0 Å². The summed E-state index contributed by atoms with van der Waals surface area (Å²) in [6, 6.07) is 2.10. The molecule has 17 heavy (non-hydrogen) atoms. The molecule has 2 nitrogen and oxygen atoms in total. The predicted molar refractivity (Wildman–Crippen MR) is 70.5 cm³/mol. The van der Waals surface area contributed by atoms with Crippen molar-refractivity contribution in [3.8, 4) is 0 Å². The zero-order valence-electron chi connectivity index (χ0n) is 10.4. The molecule has 0 radical (unpaired) electrons. The summed E-state index contributed by atoms with van der Waals surface area (Å²) in [5, 5.41) is 4.18. The molecule has 1 aromatic rings. The lowest BCUT2D eigenvalue weighted by Gasteiger charge is -2.27. The quantitative estimate of drug-likeness (QED) is 0.773. The van der Waals surface area contributed by atoms with Gasteiger partial charge >= 0.3 is 0 Å². The van der Waals surface area contributed by atoms with Gasteiger partial charge in [-0.1, -0.05) is 0 Å². The Labute approximate surface area is 107 Å². The number of carbonyl (C=O) groups excluding carboxylic acids is 1. The first kappa shape index (κ1) is 12.8. The first-order valence-corrected chi connectivity index (χ1v) is 7.39. The van der Waals surface area contributed by atoms with Crippen LogP contribution >= 0.6 is 11.3 Å². The number of rotatable bonds is 6. The fourth-order valence-corrected chi connectivity index (χ4v) is 3.35. The van der Waals surface area contributed by atoms with E-state index in [2.05, 4.69) is 16.8 Å². The first-order valence-electron chi connectivity index (χ1n) is 6.45. The second-order valence-electron chi connectivity index (χ2n) is 4.69. The molecule has 1 aromatic heterocycles. The highest BCUT2D eigenvalue weighted by Gasteiger charge is 2.40. The normalized spacial score (nSPS) is 18.4. The lowest BCUT2D eigenvalue weighted by atomic mass is 9.92. The van der Waals surface area contributed by atoms with E-state index in [1.54, 1.807) is 11.3 Å². The van der Waals surface area contributed by atoms with E-state index in [1.165, 1.54) is 5.56 Å². The Balaban J connectivity index is 1.92. The number of thiophene rings is 1. The van der Waals surface area contributed by atoms with Crippen LogP contribution in [0.5, 0.6) is 0 Å². The standard InChI is InChI=1S/C14H20O2S/c1-2-16-14(8-3-4-9-14)13(15)6-5-12-7-10-17-11-12/h7,10-11H,2-6,8-9H2,1H3. The van der Waals surface area contributed by atoms with Gasteiger partial charge in [-0.15, -0.1) is 0 Å². The highest BCUT2D eigenvalue weighted by atomic mass is 32.1. The largest absolute Gasteiger partial charge is 0.368 e. The number of hydrogen-bond donors (Lipinski definition) is 0. The average molecular weight is 252 g/mol. The maximum atomic E-state index is 12.3. The van der Waals surface area contributed by atoms with E-state index in [9.17, 15) is 4.79 Å². The van der Waals surface area contributed by atoms with Gasteiger partial charge in [-0.05, 0) is 61.4 Å². The molecular weight excluding hydrogens is 232 g/mol. The van der Waals surface area contributed by atoms with Crippen molar-refractivity contribution in [3.63, 3.8) is 0 Å². The Morgan fingerprint density at radius 3 is 2.82 bits per heavy atom. The summed E-state index contributed by atoms with van der Waals surface area (Å²) in [6.45, 7) is 2.62. The fraction of sp³-hybridized carbons (Fsp3) is 0.643. The van der Waals surface area contributed by atoms with Gasteiger partial charge in [-0.2, -0.15) is 11.3 Å². The number of ether oxygens (including phenoxy) is 1. The Kier molecular flexibility index (Phi) is 4.35. The topological polar surface area (TPSA) is 26.3 Å². The molecule has 1 fully saturated rings. The summed E-state index contributed by atoms with van der Waals surface area (Å²) < 4.78 is 5.78. The van der Waals surface area contributed by atoms with Gasteiger partial charge in [0.2, 0.25) is 0 Å². The monoisotopic (exact) mass is 252 g/mol. The minimum absolute atomic E-state index is 0.308. The second kappa shape index (κ2) is 5.78. The van der Waals surface area contributed by atoms with E-state index in [0.717, 1.165) is 32.1 Å². The van der Waals surface area contributed by atoms with E-state index >= 15 is 0 Å². The molecule has 1 saturated carbocycles. The van der Waals surface area contributed by atoms with E-state index in [4.69, 9.17) is 4.74 Å². The van der Waals surface area contributed by atoms with Gasteiger partial charge in [0.05, 0.1) is 0 Å².